The van der Waals surface area contributed by atoms with Crippen LogP contribution in [0.2, 0.25) is 0 Å². The monoisotopic (exact) mass is 278 g/mol. The minimum absolute atomic E-state index is 0.112. The first-order chi connectivity index (χ1) is 10.2. The lowest BCUT2D eigenvalue weighted by molar-refractivity contribution is -0.384. The largest absolute Gasteiger partial charge is 0.284 e. The molecule has 2 aromatic rings. The molecule has 0 atom stereocenters. The van der Waals surface area contributed by atoms with Crippen LogP contribution in [0.25, 0.3) is 6.08 Å². The van der Waals surface area contributed by atoms with Crippen LogP contribution in [0, 0.1) is 10.1 Å². The van der Waals surface area contributed by atoms with Crippen LogP contribution in [0.15, 0.2) is 65.2 Å². The van der Waals surface area contributed by atoms with Gasteiger partial charge in [0.05, 0.1) is 10.6 Å². The van der Waals surface area contributed by atoms with E-state index in [9.17, 15) is 10.1 Å². The second-order valence-electron chi connectivity index (χ2n) is 4.86. The van der Waals surface area contributed by atoms with Gasteiger partial charge in [-0.15, -0.1) is 0 Å². The quantitative estimate of drug-likeness (QED) is 0.632. The van der Waals surface area contributed by atoms with Crippen LogP contribution in [0.1, 0.15) is 17.5 Å². The number of nitrogens with zero attached hydrogens (tertiary/aromatic N) is 2. The van der Waals surface area contributed by atoms with E-state index in [2.05, 4.69) is 11.1 Å². The molecule has 104 valence electrons. The average Bonchev–Trinajstić information content (AvgIpc) is 2.97. The maximum absolute atomic E-state index is 10.7. The summed E-state index contributed by atoms with van der Waals surface area (Å²) in [6, 6.07) is 16.7. The molecule has 1 aliphatic rings. The Morgan fingerprint density at radius 3 is 2.43 bits per heavy atom. The van der Waals surface area contributed by atoms with Gasteiger partial charge in [0.25, 0.3) is 5.69 Å². The highest BCUT2D eigenvalue weighted by Crippen LogP contribution is 2.22. The van der Waals surface area contributed by atoms with Gasteiger partial charge < -0.3 is 0 Å². The van der Waals surface area contributed by atoms with Crippen molar-refractivity contribution in [2.45, 2.75) is 6.42 Å². The minimum atomic E-state index is -0.386. The number of aliphatic imine (C=N–C) groups is 1. The molecule has 0 aromatic heterocycles. The van der Waals surface area contributed by atoms with Gasteiger partial charge in [-0.25, -0.2) is 0 Å². The highest BCUT2D eigenvalue weighted by molar-refractivity contribution is 6.16. The van der Waals surface area contributed by atoms with Gasteiger partial charge in [-0.1, -0.05) is 30.3 Å². The fourth-order valence-electron chi connectivity index (χ4n) is 2.41. The molecule has 0 aliphatic carbocycles. The van der Waals surface area contributed by atoms with E-state index in [0.717, 1.165) is 29.8 Å². The zero-order valence-electron chi connectivity index (χ0n) is 11.4. The summed E-state index contributed by atoms with van der Waals surface area (Å²) in [5, 5.41) is 10.7. The van der Waals surface area contributed by atoms with Gasteiger partial charge in [0.2, 0.25) is 0 Å². The number of rotatable bonds is 3. The van der Waals surface area contributed by atoms with E-state index in [1.807, 2.05) is 30.3 Å². The SMILES string of the molecule is O=[N+]([O-])c1ccc(/C=C2\CCN=C2c2ccccc2)cc1. The molecule has 21 heavy (non-hydrogen) atoms. The lowest BCUT2D eigenvalue weighted by atomic mass is 10.00. The topological polar surface area (TPSA) is 55.5 Å². The van der Waals surface area contributed by atoms with E-state index in [-0.39, 0.29) is 10.6 Å². The van der Waals surface area contributed by atoms with E-state index in [4.69, 9.17) is 0 Å². The molecule has 1 aliphatic heterocycles. The van der Waals surface area contributed by atoms with Crippen molar-refractivity contribution in [2.24, 2.45) is 4.99 Å². The van der Waals surface area contributed by atoms with Crippen molar-refractivity contribution >= 4 is 17.5 Å². The second kappa shape index (κ2) is 5.71. The van der Waals surface area contributed by atoms with Crippen LogP contribution in [-0.4, -0.2) is 17.2 Å². The van der Waals surface area contributed by atoms with Crippen molar-refractivity contribution < 1.29 is 4.92 Å². The summed E-state index contributed by atoms with van der Waals surface area (Å²) in [4.78, 5) is 14.8. The molecule has 0 spiro atoms. The fourth-order valence-corrected chi connectivity index (χ4v) is 2.41. The molecule has 4 nitrogen and oxygen atoms in total. The number of nitro groups is 1. The first-order valence-corrected chi connectivity index (χ1v) is 6.79. The number of hydrogen-bond donors (Lipinski definition) is 0. The Labute approximate surface area is 122 Å². The molecule has 3 rings (SSSR count). The number of hydrogen-bond acceptors (Lipinski definition) is 3. The lowest BCUT2D eigenvalue weighted by Crippen LogP contribution is -1.99. The standard InChI is InChI=1S/C17H14N2O2/c20-19(21)16-8-6-13(7-9-16)12-15-10-11-18-17(15)14-4-2-1-3-5-14/h1-9,12H,10-11H2/b15-12+. The number of non-ortho nitro benzene ring substituents is 1. The van der Waals surface area contributed by atoms with Crippen LogP contribution < -0.4 is 0 Å². The molecule has 1 heterocycles. The normalized spacial score (nSPS) is 16.0. The summed E-state index contributed by atoms with van der Waals surface area (Å²) < 4.78 is 0. The number of nitro benzene ring substituents is 1. The second-order valence-corrected chi connectivity index (χ2v) is 4.86. The summed E-state index contributed by atoms with van der Waals surface area (Å²) in [6.45, 7) is 0.795. The molecule has 2 aromatic carbocycles. The van der Waals surface area contributed by atoms with Crippen molar-refractivity contribution in [3.05, 3.63) is 81.4 Å². The molecule has 0 bridgehead atoms. The van der Waals surface area contributed by atoms with Crippen LogP contribution in [-0.2, 0) is 0 Å². The van der Waals surface area contributed by atoms with Gasteiger partial charge >= 0.3 is 0 Å². The lowest BCUT2D eigenvalue weighted by Gasteiger charge is -2.04. The average molecular weight is 278 g/mol. The van der Waals surface area contributed by atoms with E-state index in [1.54, 1.807) is 12.1 Å². The van der Waals surface area contributed by atoms with E-state index in [0.29, 0.717) is 0 Å². The summed E-state index contributed by atoms with van der Waals surface area (Å²) in [5.41, 5.74) is 4.38. The summed E-state index contributed by atoms with van der Waals surface area (Å²) in [6.07, 6.45) is 2.96. The highest BCUT2D eigenvalue weighted by Gasteiger charge is 2.15. The van der Waals surface area contributed by atoms with Crippen molar-refractivity contribution in [1.82, 2.24) is 0 Å². The first kappa shape index (κ1) is 13.2. The zero-order chi connectivity index (χ0) is 14.7. The Hall–Kier alpha value is -2.75. The van der Waals surface area contributed by atoms with Gasteiger partial charge in [0.1, 0.15) is 0 Å². The zero-order valence-corrected chi connectivity index (χ0v) is 11.4. The van der Waals surface area contributed by atoms with Crippen molar-refractivity contribution in [3.8, 4) is 0 Å². The highest BCUT2D eigenvalue weighted by atomic mass is 16.6. The van der Waals surface area contributed by atoms with Crippen molar-refractivity contribution in [2.75, 3.05) is 6.54 Å². The van der Waals surface area contributed by atoms with Crippen LogP contribution in [0.3, 0.4) is 0 Å². The maximum atomic E-state index is 10.7. The fraction of sp³-hybridized carbons (Fsp3) is 0.118. The van der Waals surface area contributed by atoms with Crippen molar-refractivity contribution in [3.63, 3.8) is 0 Å². The summed E-state index contributed by atoms with van der Waals surface area (Å²) in [5.74, 6) is 0. The summed E-state index contributed by atoms with van der Waals surface area (Å²) >= 11 is 0. The Kier molecular flexibility index (Phi) is 3.60. The Bertz CT molecular complexity index is 716. The van der Waals surface area contributed by atoms with Gasteiger partial charge in [-0.2, -0.15) is 0 Å². The Balaban J connectivity index is 1.89. The molecular weight excluding hydrogens is 264 g/mol. The predicted octanol–water partition coefficient (Wildman–Crippen LogP) is 3.87. The third-order valence-electron chi connectivity index (χ3n) is 3.45. The first-order valence-electron chi connectivity index (χ1n) is 6.79. The summed E-state index contributed by atoms with van der Waals surface area (Å²) in [7, 11) is 0. The van der Waals surface area contributed by atoms with Gasteiger partial charge in [-0.05, 0) is 41.3 Å². The van der Waals surface area contributed by atoms with E-state index in [1.165, 1.54) is 17.7 Å². The Morgan fingerprint density at radius 1 is 1.05 bits per heavy atom. The molecule has 0 unspecified atom stereocenters. The molecular formula is C17H14N2O2. The molecule has 0 amide bonds. The van der Waals surface area contributed by atoms with Crippen LogP contribution in [0.4, 0.5) is 5.69 Å². The minimum Gasteiger partial charge on any atom is -0.284 e. The van der Waals surface area contributed by atoms with Gasteiger partial charge in [-0.3, -0.25) is 15.1 Å². The third-order valence-corrected chi connectivity index (χ3v) is 3.45. The third kappa shape index (κ3) is 2.89. The predicted molar refractivity (Wildman–Crippen MR) is 83.5 cm³/mol. The molecule has 4 heteroatoms. The van der Waals surface area contributed by atoms with Crippen molar-refractivity contribution in [1.29, 1.82) is 0 Å². The molecule has 0 saturated heterocycles. The van der Waals surface area contributed by atoms with Crippen LogP contribution >= 0.6 is 0 Å². The molecule has 0 fully saturated rings. The van der Waals surface area contributed by atoms with E-state index >= 15 is 0 Å². The smallest absolute Gasteiger partial charge is 0.269 e. The van der Waals surface area contributed by atoms with Gasteiger partial charge in [0, 0.05) is 18.7 Å². The number of benzene rings is 2. The Morgan fingerprint density at radius 2 is 1.76 bits per heavy atom. The van der Waals surface area contributed by atoms with Crippen LogP contribution in [0.5, 0.6) is 0 Å². The van der Waals surface area contributed by atoms with E-state index < -0.39 is 0 Å². The maximum Gasteiger partial charge on any atom is 0.269 e. The van der Waals surface area contributed by atoms with Gasteiger partial charge in [0.15, 0.2) is 0 Å². The molecule has 0 saturated carbocycles. The molecule has 0 N–H and O–H groups in total. The molecule has 0 radical (unpaired) electrons.